The van der Waals surface area contributed by atoms with E-state index in [-0.39, 0.29) is 16.5 Å². The van der Waals surface area contributed by atoms with E-state index < -0.39 is 10.0 Å². The van der Waals surface area contributed by atoms with E-state index in [1.807, 2.05) is 19.1 Å². The van der Waals surface area contributed by atoms with E-state index in [2.05, 4.69) is 4.98 Å². The molecule has 4 rings (SSSR count). The van der Waals surface area contributed by atoms with Crippen molar-refractivity contribution in [2.24, 2.45) is 5.92 Å². The van der Waals surface area contributed by atoms with Crippen molar-refractivity contribution in [1.29, 1.82) is 0 Å². The lowest BCUT2D eigenvalue weighted by Crippen LogP contribution is -2.40. The Labute approximate surface area is 175 Å². The van der Waals surface area contributed by atoms with Crippen molar-refractivity contribution in [3.8, 4) is 5.75 Å². The minimum atomic E-state index is -3.53. The molecule has 0 N–H and O–H groups in total. The number of aryl methyl sites for hydroxylation is 1. The van der Waals surface area contributed by atoms with Gasteiger partial charge in [0.25, 0.3) is 0 Å². The van der Waals surface area contributed by atoms with Crippen LogP contribution in [0.1, 0.15) is 19.8 Å². The number of fused-ring (bicyclic) bond motifs is 1. The Morgan fingerprint density at radius 2 is 1.80 bits per heavy atom. The molecule has 1 aliphatic heterocycles. The molecule has 0 unspecified atom stereocenters. The third kappa shape index (κ3) is 3.63. The van der Waals surface area contributed by atoms with E-state index >= 15 is 0 Å². The van der Waals surface area contributed by atoms with Crippen LogP contribution in [0.3, 0.4) is 0 Å². The fourth-order valence-electron chi connectivity index (χ4n) is 4.10. The van der Waals surface area contributed by atoms with Crippen molar-refractivity contribution in [2.45, 2.75) is 37.8 Å². The number of ether oxygens (including phenoxy) is 1. The van der Waals surface area contributed by atoms with Crippen LogP contribution in [-0.4, -0.2) is 47.0 Å². The Morgan fingerprint density at radius 3 is 2.43 bits per heavy atom. The molecule has 3 aromatic rings. The van der Waals surface area contributed by atoms with Gasteiger partial charge < -0.3 is 4.74 Å². The van der Waals surface area contributed by atoms with Gasteiger partial charge >= 0.3 is 5.69 Å². The summed E-state index contributed by atoms with van der Waals surface area (Å²) in [4.78, 5) is 17.5. The average molecular weight is 431 g/mol. The van der Waals surface area contributed by atoms with Crippen LogP contribution in [0.2, 0.25) is 0 Å². The Hall–Kier alpha value is -2.65. The van der Waals surface area contributed by atoms with Crippen molar-refractivity contribution in [1.82, 2.24) is 18.4 Å². The largest absolute Gasteiger partial charge is 0.497 e. The monoisotopic (exact) mass is 430 g/mol. The molecule has 2 aromatic heterocycles. The van der Waals surface area contributed by atoms with Crippen LogP contribution in [-0.2, 0) is 23.1 Å². The maximum Gasteiger partial charge on any atom is 0.330 e. The molecule has 1 saturated heterocycles. The van der Waals surface area contributed by atoms with E-state index in [1.165, 1.54) is 4.31 Å². The Balaban J connectivity index is 1.48. The number of nitrogens with zero attached hydrogens (tertiary/aromatic N) is 4. The third-order valence-electron chi connectivity index (χ3n) is 5.80. The number of sulfonamides is 1. The van der Waals surface area contributed by atoms with Crippen molar-refractivity contribution in [3.05, 3.63) is 53.1 Å². The Bertz CT molecular complexity index is 1190. The normalized spacial score (nSPS) is 16.2. The molecule has 0 radical (unpaired) electrons. The van der Waals surface area contributed by atoms with Crippen molar-refractivity contribution in [2.75, 3.05) is 20.2 Å². The van der Waals surface area contributed by atoms with E-state index in [0.717, 1.165) is 5.52 Å². The quantitative estimate of drug-likeness (QED) is 0.599. The van der Waals surface area contributed by atoms with Gasteiger partial charge in [-0.2, -0.15) is 4.31 Å². The highest BCUT2D eigenvalue weighted by molar-refractivity contribution is 7.89. The number of rotatable bonds is 6. The molecular formula is C21H26N4O4S. The van der Waals surface area contributed by atoms with Crippen LogP contribution in [0.5, 0.6) is 5.75 Å². The summed E-state index contributed by atoms with van der Waals surface area (Å²) in [5.74, 6) is 0.848. The smallest absolute Gasteiger partial charge is 0.330 e. The average Bonchev–Trinajstić information content (AvgIpc) is 3.05. The van der Waals surface area contributed by atoms with Crippen molar-refractivity contribution >= 4 is 21.2 Å². The molecule has 0 bridgehead atoms. The highest BCUT2D eigenvalue weighted by atomic mass is 32.2. The highest BCUT2D eigenvalue weighted by Crippen LogP contribution is 2.26. The van der Waals surface area contributed by atoms with E-state index in [0.29, 0.717) is 50.4 Å². The van der Waals surface area contributed by atoms with Crippen LogP contribution >= 0.6 is 0 Å². The zero-order valence-electron chi connectivity index (χ0n) is 17.2. The zero-order chi connectivity index (χ0) is 21.3. The molecule has 1 fully saturated rings. The summed E-state index contributed by atoms with van der Waals surface area (Å²) in [6.07, 6.45) is 3.10. The van der Waals surface area contributed by atoms with Crippen LogP contribution in [0.4, 0.5) is 0 Å². The second-order valence-corrected chi connectivity index (χ2v) is 9.44. The molecule has 0 amide bonds. The number of piperidine rings is 1. The lowest BCUT2D eigenvalue weighted by atomic mass is 9.98. The van der Waals surface area contributed by atoms with Gasteiger partial charge in [0.2, 0.25) is 10.0 Å². The highest BCUT2D eigenvalue weighted by Gasteiger charge is 2.30. The predicted octanol–water partition coefficient (Wildman–Crippen LogP) is 2.33. The van der Waals surface area contributed by atoms with E-state index in [1.54, 1.807) is 46.7 Å². The molecule has 160 valence electrons. The molecule has 1 aromatic carbocycles. The lowest BCUT2D eigenvalue weighted by molar-refractivity contribution is 0.252. The van der Waals surface area contributed by atoms with Gasteiger partial charge in [-0.05, 0) is 62.1 Å². The molecule has 0 atom stereocenters. The van der Waals surface area contributed by atoms with Crippen molar-refractivity contribution < 1.29 is 13.2 Å². The number of benzene rings is 1. The summed E-state index contributed by atoms with van der Waals surface area (Å²) in [6.45, 7) is 3.96. The molecule has 1 aliphatic rings. The molecule has 30 heavy (non-hydrogen) atoms. The van der Waals surface area contributed by atoms with Gasteiger partial charge in [-0.1, -0.05) is 0 Å². The first-order valence-corrected chi connectivity index (χ1v) is 11.6. The second-order valence-electron chi connectivity index (χ2n) is 7.51. The first-order valence-electron chi connectivity index (χ1n) is 10.1. The standard InChI is InChI=1S/C21H26N4O4S/c1-3-24-19-5-4-12-22-20(19)25(21(24)26)15-16-10-13-23(14-11-16)30(27,28)18-8-6-17(29-2)7-9-18/h4-9,12,16H,3,10-11,13-15H2,1-2H3. The SMILES string of the molecule is CCn1c(=O)n(CC2CCN(S(=O)(=O)c3ccc(OC)cc3)CC2)c2ncccc21. The van der Waals surface area contributed by atoms with Crippen LogP contribution < -0.4 is 10.4 Å². The van der Waals surface area contributed by atoms with Gasteiger partial charge in [-0.25, -0.2) is 18.2 Å². The summed E-state index contributed by atoms with van der Waals surface area (Å²) >= 11 is 0. The second kappa shape index (κ2) is 8.23. The Morgan fingerprint density at radius 1 is 1.10 bits per heavy atom. The van der Waals surface area contributed by atoms with Gasteiger partial charge in [-0.3, -0.25) is 9.13 Å². The van der Waals surface area contributed by atoms with Crippen LogP contribution in [0.15, 0.2) is 52.3 Å². The van der Waals surface area contributed by atoms with E-state index in [9.17, 15) is 13.2 Å². The zero-order valence-corrected chi connectivity index (χ0v) is 18.0. The molecular weight excluding hydrogens is 404 g/mol. The third-order valence-corrected chi connectivity index (χ3v) is 7.71. The molecule has 9 heteroatoms. The molecule has 3 heterocycles. The fraction of sp³-hybridized carbons (Fsp3) is 0.429. The maximum absolute atomic E-state index is 12.9. The number of methoxy groups -OCH3 is 1. The summed E-state index contributed by atoms with van der Waals surface area (Å²) in [7, 11) is -1.98. The summed E-state index contributed by atoms with van der Waals surface area (Å²) in [6, 6.07) is 10.2. The van der Waals surface area contributed by atoms with Gasteiger partial charge in [0.05, 0.1) is 17.5 Å². The number of hydrogen-bond acceptors (Lipinski definition) is 5. The van der Waals surface area contributed by atoms with E-state index in [4.69, 9.17) is 4.74 Å². The van der Waals surface area contributed by atoms with Gasteiger partial charge in [0, 0.05) is 32.4 Å². The topological polar surface area (TPSA) is 86.4 Å². The fourth-order valence-corrected chi connectivity index (χ4v) is 5.57. The van der Waals surface area contributed by atoms with Crippen molar-refractivity contribution in [3.63, 3.8) is 0 Å². The number of aromatic nitrogens is 3. The Kier molecular flexibility index (Phi) is 5.66. The summed E-state index contributed by atoms with van der Waals surface area (Å²) in [5, 5.41) is 0. The van der Waals surface area contributed by atoms with Gasteiger partial charge in [0.15, 0.2) is 5.65 Å². The van der Waals surface area contributed by atoms with Gasteiger partial charge in [0.1, 0.15) is 5.75 Å². The number of pyridine rings is 1. The lowest BCUT2D eigenvalue weighted by Gasteiger charge is -2.31. The minimum Gasteiger partial charge on any atom is -0.497 e. The summed E-state index contributed by atoms with van der Waals surface area (Å²) < 4.78 is 36.0. The molecule has 0 aliphatic carbocycles. The minimum absolute atomic E-state index is 0.0560. The van der Waals surface area contributed by atoms with Crippen LogP contribution in [0.25, 0.3) is 11.2 Å². The van der Waals surface area contributed by atoms with Crippen LogP contribution in [0, 0.1) is 5.92 Å². The van der Waals surface area contributed by atoms with Gasteiger partial charge in [-0.15, -0.1) is 0 Å². The number of hydrogen-bond donors (Lipinski definition) is 0. The number of imidazole rings is 1. The maximum atomic E-state index is 12.9. The molecule has 8 nitrogen and oxygen atoms in total. The first kappa shape index (κ1) is 20.6. The molecule has 0 spiro atoms. The first-order chi connectivity index (χ1) is 14.5. The predicted molar refractivity (Wildman–Crippen MR) is 114 cm³/mol. The molecule has 0 saturated carbocycles. The summed E-state index contributed by atoms with van der Waals surface area (Å²) in [5.41, 5.74) is 1.47.